The largest absolute Gasteiger partial charge is 0.352 e. The number of nitriles is 1. The van der Waals surface area contributed by atoms with Crippen molar-refractivity contribution < 1.29 is 0 Å². The molecule has 0 aliphatic rings. The summed E-state index contributed by atoms with van der Waals surface area (Å²) in [6.45, 7) is 8.56. The lowest BCUT2D eigenvalue weighted by atomic mass is 10.2. The van der Waals surface area contributed by atoms with E-state index in [1.165, 1.54) is 0 Å². The Balaban J connectivity index is 2.98. The molecule has 1 aromatic rings. The van der Waals surface area contributed by atoms with Crippen LogP contribution in [0.4, 0.5) is 5.82 Å². The van der Waals surface area contributed by atoms with Gasteiger partial charge in [0.15, 0.2) is 0 Å². The van der Waals surface area contributed by atoms with Crippen molar-refractivity contribution in [3.63, 3.8) is 0 Å². The Kier molecular flexibility index (Phi) is 3.68. The first kappa shape index (κ1) is 11.5. The highest BCUT2D eigenvalue weighted by Crippen LogP contribution is 2.17. The van der Waals surface area contributed by atoms with E-state index in [9.17, 15) is 0 Å². The zero-order valence-corrected chi connectivity index (χ0v) is 9.73. The van der Waals surface area contributed by atoms with Gasteiger partial charge in [0.1, 0.15) is 11.9 Å². The molecule has 0 spiro atoms. The molecule has 0 radical (unpaired) electrons. The fraction of sp³-hybridized carbons (Fsp3) is 0.500. The molecule has 15 heavy (non-hydrogen) atoms. The smallest absolute Gasteiger partial charge is 0.129 e. The molecule has 0 aromatic carbocycles. The molecule has 0 saturated carbocycles. The predicted molar refractivity (Wildman–Crippen MR) is 61.7 cm³/mol. The minimum absolute atomic E-state index is 0.408. The third-order valence-corrected chi connectivity index (χ3v) is 2.25. The topological polar surface area (TPSA) is 39.9 Å². The second-order valence-corrected chi connectivity index (χ2v) is 4.11. The van der Waals surface area contributed by atoms with Crippen molar-refractivity contribution >= 4 is 5.82 Å². The van der Waals surface area contributed by atoms with E-state index in [2.05, 4.69) is 43.6 Å². The van der Waals surface area contributed by atoms with Crippen molar-refractivity contribution in [1.29, 1.82) is 5.26 Å². The first-order chi connectivity index (χ1) is 7.06. The van der Waals surface area contributed by atoms with E-state index < -0.39 is 0 Å². The summed E-state index contributed by atoms with van der Waals surface area (Å²) in [6.07, 6.45) is 1.62. The molecule has 0 aliphatic heterocycles. The standard InChI is InChI=1S/C12H17N3/c1-9(2)15(10(3)4)12-6-5-11(7-13)8-14-12/h5-6,8-10H,1-4H3. The molecule has 0 N–H and O–H groups in total. The van der Waals surface area contributed by atoms with Crippen LogP contribution in [0, 0.1) is 11.3 Å². The highest BCUT2D eigenvalue weighted by molar-refractivity contribution is 5.43. The first-order valence-electron chi connectivity index (χ1n) is 5.20. The molecular weight excluding hydrogens is 186 g/mol. The van der Waals surface area contributed by atoms with Crippen LogP contribution in [-0.2, 0) is 0 Å². The van der Waals surface area contributed by atoms with Crippen LogP contribution in [0.3, 0.4) is 0 Å². The van der Waals surface area contributed by atoms with Gasteiger partial charge < -0.3 is 4.90 Å². The second kappa shape index (κ2) is 4.79. The first-order valence-corrected chi connectivity index (χ1v) is 5.20. The number of nitrogens with zero attached hydrogens (tertiary/aromatic N) is 3. The fourth-order valence-electron chi connectivity index (χ4n) is 1.73. The molecule has 0 bridgehead atoms. The Morgan fingerprint density at radius 2 is 1.80 bits per heavy atom. The van der Waals surface area contributed by atoms with Crippen LogP contribution in [-0.4, -0.2) is 17.1 Å². The number of rotatable bonds is 3. The van der Waals surface area contributed by atoms with E-state index in [0.29, 0.717) is 17.6 Å². The summed E-state index contributed by atoms with van der Waals surface area (Å²) in [7, 11) is 0. The maximum Gasteiger partial charge on any atom is 0.129 e. The van der Waals surface area contributed by atoms with Gasteiger partial charge in [-0.3, -0.25) is 0 Å². The summed E-state index contributed by atoms with van der Waals surface area (Å²) in [4.78, 5) is 6.52. The fourth-order valence-corrected chi connectivity index (χ4v) is 1.73. The quantitative estimate of drug-likeness (QED) is 0.758. The van der Waals surface area contributed by atoms with Crippen molar-refractivity contribution in [2.45, 2.75) is 39.8 Å². The van der Waals surface area contributed by atoms with Crippen LogP contribution >= 0.6 is 0 Å². The normalized spacial score (nSPS) is 10.5. The van der Waals surface area contributed by atoms with Gasteiger partial charge in [-0.25, -0.2) is 4.98 Å². The van der Waals surface area contributed by atoms with Gasteiger partial charge >= 0.3 is 0 Å². The predicted octanol–water partition coefficient (Wildman–Crippen LogP) is 2.58. The summed E-state index contributed by atoms with van der Waals surface area (Å²) in [6, 6.07) is 6.59. The van der Waals surface area contributed by atoms with Gasteiger partial charge in [0.25, 0.3) is 0 Å². The molecule has 1 rings (SSSR count). The monoisotopic (exact) mass is 203 g/mol. The van der Waals surface area contributed by atoms with Gasteiger partial charge in [-0.15, -0.1) is 0 Å². The number of aromatic nitrogens is 1. The Labute approximate surface area is 91.4 Å². The van der Waals surface area contributed by atoms with E-state index in [0.717, 1.165) is 5.82 Å². The van der Waals surface area contributed by atoms with E-state index in [4.69, 9.17) is 5.26 Å². The Bertz CT molecular complexity index is 338. The van der Waals surface area contributed by atoms with Gasteiger partial charge in [0.2, 0.25) is 0 Å². The van der Waals surface area contributed by atoms with E-state index in [1.54, 1.807) is 12.3 Å². The zero-order valence-electron chi connectivity index (χ0n) is 9.73. The van der Waals surface area contributed by atoms with Gasteiger partial charge in [0, 0.05) is 18.3 Å². The molecule has 3 nitrogen and oxygen atoms in total. The maximum atomic E-state index is 8.68. The van der Waals surface area contributed by atoms with Crippen molar-refractivity contribution in [3.05, 3.63) is 23.9 Å². The van der Waals surface area contributed by atoms with E-state index in [-0.39, 0.29) is 0 Å². The molecule has 80 valence electrons. The van der Waals surface area contributed by atoms with Crippen LogP contribution in [0.15, 0.2) is 18.3 Å². The van der Waals surface area contributed by atoms with Crippen molar-refractivity contribution in [2.24, 2.45) is 0 Å². The highest BCUT2D eigenvalue weighted by atomic mass is 15.2. The summed E-state index contributed by atoms with van der Waals surface area (Å²) in [5.74, 6) is 0.930. The zero-order chi connectivity index (χ0) is 11.4. The number of anilines is 1. The molecule has 0 aliphatic carbocycles. The SMILES string of the molecule is CC(C)N(c1ccc(C#N)cn1)C(C)C. The number of pyridine rings is 1. The lowest BCUT2D eigenvalue weighted by Gasteiger charge is -2.31. The Morgan fingerprint density at radius 1 is 1.20 bits per heavy atom. The third kappa shape index (κ3) is 2.69. The van der Waals surface area contributed by atoms with Crippen molar-refractivity contribution in [3.8, 4) is 6.07 Å². The molecule has 0 amide bonds. The second-order valence-electron chi connectivity index (χ2n) is 4.11. The minimum atomic E-state index is 0.408. The van der Waals surface area contributed by atoms with Gasteiger partial charge in [-0.2, -0.15) is 5.26 Å². The van der Waals surface area contributed by atoms with Crippen LogP contribution < -0.4 is 4.90 Å². The van der Waals surface area contributed by atoms with E-state index >= 15 is 0 Å². The summed E-state index contributed by atoms with van der Waals surface area (Å²) >= 11 is 0. The van der Waals surface area contributed by atoms with Gasteiger partial charge in [-0.05, 0) is 39.8 Å². The van der Waals surface area contributed by atoms with Crippen molar-refractivity contribution in [1.82, 2.24) is 4.98 Å². The van der Waals surface area contributed by atoms with Crippen LogP contribution in [0.5, 0.6) is 0 Å². The number of hydrogen-bond acceptors (Lipinski definition) is 3. The summed E-state index contributed by atoms with van der Waals surface area (Å²) in [5.41, 5.74) is 0.603. The van der Waals surface area contributed by atoms with Gasteiger partial charge in [0.05, 0.1) is 5.56 Å². The molecule has 0 saturated heterocycles. The Morgan fingerprint density at radius 3 is 2.13 bits per heavy atom. The molecule has 0 unspecified atom stereocenters. The summed E-state index contributed by atoms with van der Waals surface area (Å²) < 4.78 is 0. The summed E-state index contributed by atoms with van der Waals surface area (Å²) in [5, 5.41) is 8.68. The number of hydrogen-bond donors (Lipinski definition) is 0. The molecule has 1 aromatic heterocycles. The lowest BCUT2D eigenvalue weighted by molar-refractivity contribution is 0.600. The molecular formula is C12H17N3. The molecule has 0 atom stereocenters. The minimum Gasteiger partial charge on any atom is -0.352 e. The van der Waals surface area contributed by atoms with Gasteiger partial charge in [-0.1, -0.05) is 0 Å². The Hall–Kier alpha value is -1.56. The molecule has 0 fully saturated rings. The van der Waals surface area contributed by atoms with Crippen molar-refractivity contribution in [2.75, 3.05) is 4.90 Å². The maximum absolute atomic E-state index is 8.68. The van der Waals surface area contributed by atoms with E-state index in [1.807, 2.05) is 6.07 Å². The highest BCUT2D eigenvalue weighted by Gasteiger charge is 2.14. The molecule has 1 heterocycles. The average molecular weight is 203 g/mol. The third-order valence-electron chi connectivity index (χ3n) is 2.25. The van der Waals surface area contributed by atoms with Crippen LogP contribution in [0.25, 0.3) is 0 Å². The van der Waals surface area contributed by atoms with Crippen LogP contribution in [0.2, 0.25) is 0 Å². The van der Waals surface area contributed by atoms with Crippen LogP contribution in [0.1, 0.15) is 33.3 Å². The lowest BCUT2D eigenvalue weighted by Crippen LogP contribution is -2.37. The average Bonchev–Trinajstić information content (AvgIpc) is 2.18. The molecule has 3 heteroatoms.